The molecule has 6 heteroatoms. The SMILES string of the molecule is CCN(CC)C(=O)n1c2c(c3ccccc31)CCN(C(=O)O)C2. The summed E-state index contributed by atoms with van der Waals surface area (Å²) in [4.78, 5) is 27.4. The third-order valence-electron chi connectivity index (χ3n) is 4.56. The molecule has 0 spiro atoms. The number of para-hydroxylation sites is 1. The molecule has 1 aliphatic rings. The molecule has 0 saturated carbocycles. The van der Waals surface area contributed by atoms with Gasteiger partial charge >= 0.3 is 12.1 Å². The van der Waals surface area contributed by atoms with Gasteiger partial charge in [-0.15, -0.1) is 0 Å². The van der Waals surface area contributed by atoms with Crippen molar-refractivity contribution < 1.29 is 14.7 Å². The monoisotopic (exact) mass is 315 g/mol. The Morgan fingerprint density at radius 2 is 1.91 bits per heavy atom. The minimum Gasteiger partial charge on any atom is -0.465 e. The van der Waals surface area contributed by atoms with Crippen LogP contribution in [0.4, 0.5) is 9.59 Å². The second-order valence-electron chi connectivity index (χ2n) is 5.69. The standard InChI is InChI=1S/C17H21N3O3/c1-3-18(4-2)16(21)20-14-8-6-5-7-12(14)13-9-10-19(17(22)23)11-15(13)20/h5-8H,3-4,9-11H2,1-2H3,(H,22,23). The number of nitrogens with zero attached hydrogens (tertiary/aromatic N) is 3. The predicted molar refractivity (Wildman–Crippen MR) is 87.8 cm³/mol. The van der Waals surface area contributed by atoms with Gasteiger partial charge in [-0.1, -0.05) is 18.2 Å². The molecular formula is C17H21N3O3. The van der Waals surface area contributed by atoms with E-state index in [0.29, 0.717) is 26.1 Å². The molecule has 0 radical (unpaired) electrons. The molecule has 0 aliphatic carbocycles. The normalized spacial score (nSPS) is 13.9. The van der Waals surface area contributed by atoms with Gasteiger partial charge in [-0.05, 0) is 31.9 Å². The second kappa shape index (κ2) is 5.95. The fourth-order valence-corrected chi connectivity index (χ4v) is 3.33. The fraction of sp³-hybridized carbons (Fsp3) is 0.412. The molecule has 2 amide bonds. The van der Waals surface area contributed by atoms with Gasteiger partial charge in [0.25, 0.3) is 0 Å². The molecule has 0 saturated heterocycles. The molecule has 23 heavy (non-hydrogen) atoms. The van der Waals surface area contributed by atoms with Crippen LogP contribution in [0.15, 0.2) is 24.3 Å². The summed E-state index contributed by atoms with van der Waals surface area (Å²) in [6.45, 7) is 5.87. The molecule has 3 rings (SSSR count). The van der Waals surface area contributed by atoms with E-state index in [1.165, 1.54) is 4.90 Å². The van der Waals surface area contributed by atoms with Gasteiger partial charge in [0.1, 0.15) is 0 Å². The smallest absolute Gasteiger partial charge is 0.407 e. The van der Waals surface area contributed by atoms with E-state index in [1.807, 2.05) is 38.1 Å². The van der Waals surface area contributed by atoms with E-state index >= 15 is 0 Å². The van der Waals surface area contributed by atoms with Crippen molar-refractivity contribution in [1.29, 1.82) is 0 Å². The van der Waals surface area contributed by atoms with Crippen molar-refractivity contribution in [1.82, 2.24) is 14.4 Å². The summed E-state index contributed by atoms with van der Waals surface area (Å²) in [5, 5.41) is 10.3. The molecule has 0 unspecified atom stereocenters. The number of aromatic nitrogens is 1. The average molecular weight is 315 g/mol. The van der Waals surface area contributed by atoms with Gasteiger partial charge in [0.2, 0.25) is 0 Å². The van der Waals surface area contributed by atoms with E-state index in [4.69, 9.17) is 0 Å². The van der Waals surface area contributed by atoms with Crippen LogP contribution in [0.3, 0.4) is 0 Å². The maximum Gasteiger partial charge on any atom is 0.407 e. The molecule has 0 atom stereocenters. The van der Waals surface area contributed by atoms with Gasteiger partial charge in [0.15, 0.2) is 0 Å². The zero-order valence-electron chi connectivity index (χ0n) is 13.5. The fourth-order valence-electron chi connectivity index (χ4n) is 3.33. The largest absolute Gasteiger partial charge is 0.465 e. The third-order valence-corrected chi connectivity index (χ3v) is 4.56. The molecule has 0 fully saturated rings. The van der Waals surface area contributed by atoms with Crippen molar-refractivity contribution in [3.8, 4) is 0 Å². The van der Waals surface area contributed by atoms with Gasteiger partial charge in [-0.25, -0.2) is 9.59 Å². The Balaban J connectivity index is 2.18. The quantitative estimate of drug-likeness (QED) is 0.926. The number of fused-ring (bicyclic) bond motifs is 3. The maximum atomic E-state index is 13.0. The van der Waals surface area contributed by atoms with Gasteiger partial charge in [-0.3, -0.25) is 4.57 Å². The number of carboxylic acid groups (broad SMARTS) is 1. The lowest BCUT2D eigenvalue weighted by Crippen LogP contribution is -2.39. The van der Waals surface area contributed by atoms with Crippen LogP contribution in [0.25, 0.3) is 10.9 Å². The van der Waals surface area contributed by atoms with Crippen molar-refractivity contribution >= 4 is 23.0 Å². The topological polar surface area (TPSA) is 65.8 Å². The lowest BCUT2D eigenvalue weighted by Gasteiger charge is -2.27. The first kappa shape index (κ1) is 15.4. The maximum absolute atomic E-state index is 13.0. The highest BCUT2D eigenvalue weighted by molar-refractivity contribution is 5.95. The van der Waals surface area contributed by atoms with Crippen LogP contribution in [-0.2, 0) is 13.0 Å². The number of hydrogen-bond acceptors (Lipinski definition) is 2. The highest BCUT2D eigenvalue weighted by atomic mass is 16.4. The van der Waals surface area contributed by atoms with Crippen LogP contribution in [0.5, 0.6) is 0 Å². The first-order valence-electron chi connectivity index (χ1n) is 7.96. The summed E-state index contributed by atoms with van der Waals surface area (Å²) in [5.41, 5.74) is 2.76. The first-order valence-corrected chi connectivity index (χ1v) is 7.96. The molecule has 1 aromatic heterocycles. The second-order valence-corrected chi connectivity index (χ2v) is 5.69. The van der Waals surface area contributed by atoms with E-state index in [9.17, 15) is 14.7 Å². The summed E-state index contributed by atoms with van der Waals surface area (Å²) in [6, 6.07) is 7.73. The summed E-state index contributed by atoms with van der Waals surface area (Å²) in [6.07, 6.45) is -0.302. The Morgan fingerprint density at radius 1 is 1.22 bits per heavy atom. The van der Waals surface area contributed by atoms with E-state index in [0.717, 1.165) is 22.2 Å². The van der Waals surface area contributed by atoms with Crippen LogP contribution < -0.4 is 0 Å². The Hall–Kier alpha value is -2.50. The first-order chi connectivity index (χ1) is 11.1. The summed E-state index contributed by atoms with van der Waals surface area (Å²) in [5.74, 6) is 0. The number of carbonyl (C=O) groups excluding carboxylic acids is 1. The van der Waals surface area contributed by atoms with E-state index in [-0.39, 0.29) is 12.6 Å². The zero-order valence-corrected chi connectivity index (χ0v) is 13.5. The highest BCUT2D eigenvalue weighted by Gasteiger charge is 2.29. The molecule has 2 aromatic rings. The van der Waals surface area contributed by atoms with E-state index in [1.54, 1.807) is 9.47 Å². The van der Waals surface area contributed by atoms with Crippen molar-refractivity contribution in [3.63, 3.8) is 0 Å². The minimum atomic E-state index is -0.942. The van der Waals surface area contributed by atoms with Crippen LogP contribution >= 0.6 is 0 Å². The highest BCUT2D eigenvalue weighted by Crippen LogP contribution is 2.31. The summed E-state index contributed by atoms with van der Waals surface area (Å²) >= 11 is 0. The van der Waals surface area contributed by atoms with Crippen molar-refractivity contribution in [3.05, 3.63) is 35.5 Å². The zero-order chi connectivity index (χ0) is 16.6. The van der Waals surface area contributed by atoms with Gasteiger partial charge in [-0.2, -0.15) is 0 Å². The van der Waals surface area contributed by atoms with Crippen molar-refractivity contribution in [2.75, 3.05) is 19.6 Å². The molecule has 1 aliphatic heterocycles. The molecule has 1 N–H and O–H groups in total. The van der Waals surface area contributed by atoms with Gasteiger partial charge in [0.05, 0.1) is 17.8 Å². The number of carbonyl (C=O) groups is 2. The number of amides is 2. The average Bonchev–Trinajstić information content (AvgIpc) is 2.89. The summed E-state index contributed by atoms with van der Waals surface area (Å²) in [7, 11) is 0. The van der Waals surface area contributed by atoms with Crippen LogP contribution in [0.2, 0.25) is 0 Å². The van der Waals surface area contributed by atoms with Crippen molar-refractivity contribution in [2.45, 2.75) is 26.8 Å². The molecule has 1 aromatic carbocycles. The van der Waals surface area contributed by atoms with Crippen LogP contribution in [0, 0.1) is 0 Å². The van der Waals surface area contributed by atoms with Crippen molar-refractivity contribution in [2.24, 2.45) is 0 Å². The van der Waals surface area contributed by atoms with Crippen LogP contribution in [0.1, 0.15) is 25.1 Å². The molecule has 2 heterocycles. The molecular weight excluding hydrogens is 294 g/mol. The molecule has 6 nitrogen and oxygen atoms in total. The number of rotatable bonds is 2. The Labute approximate surface area is 134 Å². The lowest BCUT2D eigenvalue weighted by molar-refractivity contribution is 0.138. The molecule has 122 valence electrons. The number of benzene rings is 1. The third kappa shape index (κ3) is 2.44. The van der Waals surface area contributed by atoms with Gasteiger partial charge in [0, 0.05) is 25.0 Å². The minimum absolute atomic E-state index is 0.0836. The summed E-state index contributed by atoms with van der Waals surface area (Å²) < 4.78 is 1.70. The Morgan fingerprint density at radius 3 is 2.57 bits per heavy atom. The lowest BCUT2D eigenvalue weighted by atomic mass is 10.0. The number of hydrogen-bond donors (Lipinski definition) is 1. The Kier molecular flexibility index (Phi) is 3.98. The Bertz CT molecular complexity index is 762. The van der Waals surface area contributed by atoms with E-state index < -0.39 is 6.09 Å². The van der Waals surface area contributed by atoms with Crippen LogP contribution in [-0.4, -0.2) is 51.2 Å². The van der Waals surface area contributed by atoms with Gasteiger partial charge < -0.3 is 14.9 Å². The molecule has 0 bridgehead atoms. The predicted octanol–water partition coefficient (Wildman–Crippen LogP) is 2.99. The van der Waals surface area contributed by atoms with E-state index in [2.05, 4.69) is 0 Å².